The normalized spacial score (nSPS) is 14.0. The van der Waals surface area contributed by atoms with E-state index in [0.717, 1.165) is 51.4 Å². The zero-order chi connectivity index (χ0) is 40.3. The number of phosphoric ester groups is 1. The number of nitrogens with two attached hydrogens (primary N) is 1. The smallest absolute Gasteiger partial charge is 0.462 e. The molecule has 0 aromatic rings. The van der Waals surface area contributed by atoms with Gasteiger partial charge in [0, 0.05) is 19.4 Å². The number of esters is 2. The summed E-state index contributed by atoms with van der Waals surface area (Å²) in [4.78, 5) is 34.8. The molecule has 0 spiro atoms. The molecule has 316 valence electrons. The first-order chi connectivity index (χ1) is 26.8. The molecule has 0 aromatic heterocycles. The molecule has 0 bridgehead atoms. The standard InChI is InChI=1S/C45H78NO8P/c1-3-5-7-9-11-13-15-17-19-20-21-22-24-26-28-30-32-34-36-38-45(48)54-43(42-53-55(49,50)52-40-39-46)41-51-44(47)37-35-33-31-29-27-25-23-18-16-14-12-10-8-6-4-2/h11,13,17,19,21-22,25-28,32,34,43H,3-10,12,14-16,18,20,23-24,29-31,33,35-42,46H2,1-2H3,(H,49,50)/b13-11+,19-17+,22-21+,27-25+,28-26+,34-32+/t43-/m1/s1. The van der Waals surface area contributed by atoms with Crippen LogP contribution in [0.1, 0.15) is 168 Å². The lowest BCUT2D eigenvalue weighted by molar-refractivity contribution is -0.161. The molecule has 55 heavy (non-hydrogen) atoms. The predicted molar refractivity (Wildman–Crippen MR) is 229 cm³/mol. The highest BCUT2D eigenvalue weighted by molar-refractivity contribution is 7.47. The Bertz CT molecular complexity index is 1130. The van der Waals surface area contributed by atoms with Crippen LogP contribution >= 0.6 is 7.82 Å². The largest absolute Gasteiger partial charge is 0.472 e. The molecule has 0 aliphatic carbocycles. The van der Waals surface area contributed by atoms with Crippen LogP contribution in [-0.4, -0.2) is 49.3 Å². The van der Waals surface area contributed by atoms with E-state index in [4.69, 9.17) is 24.3 Å². The van der Waals surface area contributed by atoms with E-state index in [1.54, 1.807) is 0 Å². The molecular formula is C45H78NO8P. The summed E-state index contributed by atoms with van der Waals surface area (Å²) in [5.41, 5.74) is 5.34. The second-order valence-corrected chi connectivity index (χ2v) is 15.3. The summed E-state index contributed by atoms with van der Waals surface area (Å²) in [5, 5.41) is 0. The first-order valence-electron chi connectivity index (χ1n) is 21.4. The molecule has 0 fully saturated rings. The Balaban J connectivity index is 4.33. The molecular weight excluding hydrogens is 713 g/mol. The summed E-state index contributed by atoms with van der Waals surface area (Å²) >= 11 is 0. The Labute approximate surface area is 335 Å². The second kappa shape index (κ2) is 41.1. The second-order valence-electron chi connectivity index (χ2n) is 13.8. The van der Waals surface area contributed by atoms with E-state index in [0.29, 0.717) is 12.8 Å². The van der Waals surface area contributed by atoms with Crippen molar-refractivity contribution in [2.45, 2.75) is 174 Å². The minimum atomic E-state index is -4.40. The fourth-order valence-electron chi connectivity index (χ4n) is 5.37. The molecule has 0 aliphatic heterocycles. The van der Waals surface area contributed by atoms with Gasteiger partial charge in [-0.3, -0.25) is 18.6 Å². The molecule has 0 saturated heterocycles. The topological polar surface area (TPSA) is 134 Å². The average molecular weight is 792 g/mol. The lowest BCUT2D eigenvalue weighted by Gasteiger charge is -2.19. The van der Waals surface area contributed by atoms with Crippen molar-refractivity contribution in [3.63, 3.8) is 0 Å². The third kappa shape index (κ3) is 40.9. The highest BCUT2D eigenvalue weighted by atomic mass is 31.2. The Kier molecular flexibility index (Phi) is 39.2. The van der Waals surface area contributed by atoms with Crippen LogP contribution in [0.5, 0.6) is 0 Å². The molecule has 0 rings (SSSR count). The number of hydrogen-bond acceptors (Lipinski definition) is 8. The third-order valence-corrected chi connectivity index (χ3v) is 9.56. The predicted octanol–water partition coefficient (Wildman–Crippen LogP) is 12.3. The Morgan fingerprint density at radius 1 is 0.545 bits per heavy atom. The fourth-order valence-corrected chi connectivity index (χ4v) is 6.14. The molecule has 0 saturated carbocycles. The van der Waals surface area contributed by atoms with E-state index in [1.165, 1.54) is 77.0 Å². The van der Waals surface area contributed by atoms with Crippen molar-refractivity contribution >= 4 is 19.8 Å². The van der Waals surface area contributed by atoms with Gasteiger partial charge in [-0.15, -0.1) is 0 Å². The summed E-state index contributed by atoms with van der Waals surface area (Å²) < 4.78 is 32.6. The SMILES string of the molecule is CCCCC/C=C/C/C=C/C/C=C/C/C=C/C/C=C/CCC(=O)O[C@H](COC(=O)CCCCC/C=C/CCCCCCCCCC)COP(=O)(O)OCCN. The first kappa shape index (κ1) is 52.5. The van der Waals surface area contributed by atoms with Crippen LogP contribution in [0.2, 0.25) is 0 Å². The van der Waals surface area contributed by atoms with Crippen molar-refractivity contribution in [3.05, 3.63) is 72.9 Å². The van der Waals surface area contributed by atoms with Gasteiger partial charge < -0.3 is 20.1 Å². The Morgan fingerprint density at radius 2 is 0.982 bits per heavy atom. The lowest BCUT2D eigenvalue weighted by atomic mass is 10.1. The van der Waals surface area contributed by atoms with E-state index in [9.17, 15) is 19.0 Å². The molecule has 0 amide bonds. The van der Waals surface area contributed by atoms with Gasteiger partial charge in [-0.05, 0) is 77.0 Å². The maximum absolute atomic E-state index is 12.5. The number of unbranched alkanes of at least 4 members (excludes halogenated alkanes) is 14. The molecule has 1 unspecified atom stereocenters. The third-order valence-electron chi connectivity index (χ3n) is 8.58. The van der Waals surface area contributed by atoms with E-state index in [2.05, 4.69) is 74.6 Å². The maximum atomic E-state index is 12.5. The van der Waals surface area contributed by atoms with Gasteiger partial charge in [-0.1, -0.05) is 151 Å². The molecule has 0 aromatic carbocycles. The molecule has 0 heterocycles. The van der Waals surface area contributed by atoms with Crippen LogP contribution in [0, 0.1) is 0 Å². The monoisotopic (exact) mass is 792 g/mol. The number of rotatable bonds is 39. The van der Waals surface area contributed by atoms with Gasteiger partial charge in [-0.25, -0.2) is 4.57 Å². The summed E-state index contributed by atoms with van der Waals surface area (Å²) in [6.45, 7) is 3.58. The van der Waals surface area contributed by atoms with Crippen LogP contribution in [0.15, 0.2) is 72.9 Å². The zero-order valence-electron chi connectivity index (χ0n) is 34.6. The Morgan fingerprint density at radius 3 is 1.53 bits per heavy atom. The fraction of sp³-hybridized carbons (Fsp3) is 0.689. The summed E-state index contributed by atoms with van der Waals surface area (Å²) in [5.74, 6) is -0.948. The Hall–Kier alpha value is -2.55. The number of ether oxygens (including phenoxy) is 2. The van der Waals surface area contributed by atoms with Crippen molar-refractivity contribution in [2.24, 2.45) is 5.73 Å². The van der Waals surface area contributed by atoms with Gasteiger partial charge in [0.1, 0.15) is 6.61 Å². The van der Waals surface area contributed by atoms with E-state index < -0.39 is 32.5 Å². The molecule has 2 atom stereocenters. The highest BCUT2D eigenvalue weighted by Gasteiger charge is 2.25. The molecule has 10 heteroatoms. The van der Waals surface area contributed by atoms with Gasteiger partial charge >= 0.3 is 19.8 Å². The van der Waals surface area contributed by atoms with Crippen molar-refractivity contribution in [3.8, 4) is 0 Å². The highest BCUT2D eigenvalue weighted by Crippen LogP contribution is 2.43. The molecule has 3 N–H and O–H groups in total. The van der Waals surface area contributed by atoms with E-state index in [1.807, 2.05) is 12.2 Å². The zero-order valence-corrected chi connectivity index (χ0v) is 35.5. The number of hydrogen-bond donors (Lipinski definition) is 2. The van der Waals surface area contributed by atoms with Gasteiger partial charge in [0.15, 0.2) is 6.10 Å². The van der Waals surface area contributed by atoms with Gasteiger partial charge in [-0.2, -0.15) is 0 Å². The molecule has 0 aliphatic rings. The summed E-state index contributed by atoms with van der Waals surface area (Å²) in [7, 11) is -4.40. The maximum Gasteiger partial charge on any atom is 0.472 e. The molecule has 9 nitrogen and oxygen atoms in total. The van der Waals surface area contributed by atoms with Crippen LogP contribution < -0.4 is 5.73 Å². The van der Waals surface area contributed by atoms with Crippen LogP contribution in [0.3, 0.4) is 0 Å². The minimum Gasteiger partial charge on any atom is -0.462 e. The first-order valence-corrected chi connectivity index (χ1v) is 22.9. The number of carbonyl (C=O) groups is 2. The summed E-state index contributed by atoms with van der Waals surface area (Å²) in [6, 6.07) is 0. The van der Waals surface area contributed by atoms with E-state index >= 15 is 0 Å². The average Bonchev–Trinajstić information content (AvgIpc) is 3.17. The number of phosphoric acid groups is 1. The number of carbonyl (C=O) groups excluding carboxylic acids is 2. The van der Waals surface area contributed by atoms with Crippen molar-refractivity contribution in [1.29, 1.82) is 0 Å². The quantitative estimate of drug-likeness (QED) is 0.0270. The van der Waals surface area contributed by atoms with Gasteiger partial charge in [0.05, 0.1) is 13.2 Å². The van der Waals surface area contributed by atoms with E-state index in [-0.39, 0.29) is 32.6 Å². The van der Waals surface area contributed by atoms with Gasteiger partial charge in [0.25, 0.3) is 0 Å². The van der Waals surface area contributed by atoms with Crippen molar-refractivity contribution in [2.75, 3.05) is 26.4 Å². The van der Waals surface area contributed by atoms with Crippen LogP contribution in [0.4, 0.5) is 0 Å². The van der Waals surface area contributed by atoms with Crippen LogP contribution in [-0.2, 0) is 32.7 Å². The van der Waals surface area contributed by atoms with Gasteiger partial charge in [0.2, 0.25) is 0 Å². The summed E-state index contributed by atoms with van der Waals surface area (Å²) in [6.07, 6.45) is 49.5. The van der Waals surface area contributed by atoms with Crippen molar-refractivity contribution < 1.29 is 37.6 Å². The number of allylic oxidation sites excluding steroid dienone is 12. The minimum absolute atomic E-state index is 0.0372. The lowest BCUT2D eigenvalue weighted by Crippen LogP contribution is -2.29. The molecule has 0 radical (unpaired) electrons. The van der Waals surface area contributed by atoms with Crippen molar-refractivity contribution in [1.82, 2.24) is 0 Å². The van der Waals surface area contributed by atoms with Crippen LogP contribution in [0.25, 0.3) is 0 Å².